The van der Waals surface area contributed by atoms with Crippen LogP contribution in [0.2, 0.25) is 0 Å². The van der Waals surface area contributed by atoms with Gasteiger partial charge in [0.05, 0.1) is 5.57 Å². The zero-order valence-corrected chi connectivity index (χ0v) is 13.6. The molecule has 0 saturated heterocycles. The van der Waals surface area contributed by atoms with Crippen molar-refractivity contribution in [1.82, 2.24) is 10.6 Å². The van der Waals surface area contributed by atoms with Crippen LogP contribution in [0, 0.1) is 5.82 Å². The molecule has 24 heavy (non-hydrogen) atoms. The van der Waals surface area contributed by atoms with Crippen LogP contribution in [0.15, 0.2) is 29.8 Å². The standard InChI is InChI=1S/C18H19FN2O3/c1-10-16(18(23)24-17(10)21-11(2)22)13-3-4-14(15(19)9-13)12-5-7-20-8-6-12/h3-5,9,17,20H,6-8H2,1-2H3,(H,21,22)/t17-/m1/s1. The van der Waals surface area contributed by atoms with Crippen LogP contribution < -0.4 is 10.6 Å². The van der Waals surface area contributed by atoms with Crippen LogP contribution in [0.25, 0.3) is 11.1 Å². The maximum absolute atomic E-state index is 14.5. The van der Waals surface area contributed by atoms with E-state index in [-0.39, 0.29) is 11.7 Å². The molecule has 2 aliphatic heterocycles. The molecular formula is C18H19FN2O3. The molecule has 0 radical (unpaired) electrons. The molecule has 0 aromatic heterocycles. The Bertz CT molecular complexity index is 768. The van der Waals surface area contributed by atoms with Crippen LogP contribution in [-0.4, -0.2) is 31.2 Å². The van der Waals surface area contributed by atoms with E-state index < -0.39 is 12.2 Å². The molecule has 1 aromatic carbocycles. The molecule has 2 aliphatic rings. The SMILES string of the molecule is CC(=O)N[C@@H]1OC(=O)C(c2ccc(C3=CCNCC3)c(F)c2)=C1C. The Kier molecular flexibility index (Phi) is 4.49. The molecule has 1 amide bonds. The molecule has 0 unspecified atom stereocenters. The van der Waals surface area contributed by atoms with Crippen molar-refractivity contribution >= 4 is 23.0 Å². The highest BCUT2D eigenvalue weighted by Crippen LogP contribution is 2.32. The molecule has 0 aliphatic carbocycles. The summed E-state index contributed by atoms with van der Waals surface area (Å²) in [6.07, 6.45) is 1.95. The first-order valence-corrected chi connectivity index (χ1v) is 7.86. The van der Waals surface area contributed by atoms with E-state index in [4.69, 9.17) is 4.74 Å². The fraction of sp³-hybridized carbons (Fsp3) is 0.333. The number of benzene rings is 1. The minimum Gasteiger partial charge on any atom is -0.434 e. The van der Waals surface area contributed by atoms with Crippen molar-refractivity contribution in [2.24, 2.45) is 0 Å². The van der Waals surface area contributed by atoms with E-state index in [2.05, 4.69) is 10.6 Å². The first-order valence-electron chi connectivity index (χ1n) is 7.86. The fourth-order valence-corrected chi connectivity index (χ4v) is 3.01. The van der Waals surface area contributed by atoms with E-state index in [1.165, 1.54) is 13.0 Å². The predicted molar refractivity (Wildman–Crippen MR) is 88.2 cm³/mol. The Morgan fingerprint density at radius 3 is 2.83 bits per heavy atom. The highest BCUT2D eigenvalue weighted by molar-refractivity contribution is 6.19. The van der Waals surface area contributed by atoms with Crippen LogP contribution in [0.4, 0.5) is 4.39 Å². The number of esters is 1. The van der Waals surface area contributed by atoms with E-state index in [9.17, 15) is 14.0 Å². The molecule has 0 fully saturated rings. The Morgan fingerprint density at radius 2 is 2.21 bits per heavy atom. The van der Waals surface area contributed by atoms with Crippen molar-refractivity contribution in [3.05, 3.63) is 46.8 Å². The largest absolute Gasteiger partial charge is 0.434 e. The number of nitrogens with one attached hydrogen (secondary N) is 2. The van der Waals surface area contributed by atoms with Gasteiger partial charge in [-0.15, -0.1) is 0 Å². The van der Waals surface area contributed by atoms with Crippen LogP contribution >= 0.6 is 0 Å². The highest BCUT2D eigenvalue weighted by Gasteiger charge is 2.33. The lowest BCUT2D eigenvalue weighted by Crippen LogP contribution is -2.34. The molecule has 0 bridgehead atoms. The second-order valence-corrected chi connectivity index (χ2v) is 5.92. The first-order chi connectivity index (χ1) is 11.5. The van der Waals surface area contributed by atoms with E-state index in [1.54, 1.807) is 19.1 Å². The maximum Gasteiger partial charge on any atom is 0.341 e. The van der Waals surface area contributed by atoms with E-state index in [0.717, 1.165) is 25.1 Å². The van der Waals surface area contributed by atoms with Gasteiger partial charge in [-0.1, -0.05) is 18.2 Å². The molecule has 1 atom stereocenters. The van der Waals surface area contributed by atoms with Gasteiger partial charge in [-0.05, 0) is 37.1 Å². The van der Waals surface area contributed by atoms with Gasteiger partial charge in [-0.25, -0.2) is 9.18 Å². The molecular weight excluding hydrogens is 311 g/mol. The van der Waals surface area contributed by atoms with Crippen molar-refractivity contribution < 1.29 is 18.7 Å². The average molecular weight is 330 g/mol. The normalized spacial score (nSPS) is 20.7. The molecule has 0 saturated carbocycles. The number of carbonyl (C=O) groups excluding carboxylic acids is 2. The van der Waals surface area contributed by atoms with Gasteiger partial charge in [0.25, 0.3) is 0 Å². The number of amides is 1. The third kappa shape index (κ3) is 3.10. The zero-order valence-electron chi connectivity index (χ0n) is 13.6. The Balaban J connectivity index is 1.93. The third-order valence-electron chi connectivity index (χ3n) is 4.22. The molecule has 6 heteroatoms. The summed E-state index contributed by atoms with van der Waals surface area (Å²) in [4.78, 5) is 23.3. The van der Waals surface area contributed by atoms with Gasteiger partial charge in [0.2, 0.25) is 5.91 Å². The lowest BCUT2D eigenvalue weighted by Gasteiger charge is -2.15. The number of carbonyl (C=O) groups is 2. The highest BCUT2D eigenvalue weighted by atomic mass is 19.1. The summed E-state index contributed by atoms with van der Waals surface area (Å²) in [5.41, 5.74) is 2.86. The van der Waals surface area contributed by atoms with Crippen LogP contribution in [0.5, 0.6) is 0 Å². The number of halogens is 1. The van der Waals surface area contributed by atoms with Crippen molar-refractivity contribution in [2.45, 2.75) is 26.5 Å². The van der Waals surface area contributed by atoms with Gasteiger partial charge in [0, 0.05) is 24.6 Å². The number of hydrogen-bond acceptors (Lipinski definition) is 4. The molecule has 126 valence electrons. The van der Waals surface area contributed by atoms with E-state index in [0.29, 0.717) is 22.3 Å². The summed E-state index contributed by atoms with van der Waals surface area (Å²) in [6.45, 7) is 4.59. The van der Waals surface area contributed by atoms with Crippen molar-refractivity contribution in [3.8, 4) is 0 Å². The zero-order chi connectivity index (χ0) is 17.3. The Morgan fingerprint density at radius 1 is 1.42 bits per heavy atom. The minimum absolute atomic E-state index is 0.298. The first kappa shape index (κ1) is 16.4. The van der Waals surface area contributed by atoms with Gasteiger partial charge in [-0.3, -0.25) is 4.79 Å². The predicted octanol–water partition coefficient (Wildman–Crippen LogP) is 1.99. The lowest BCUT2D eigenvalue weighted by molar-refractivity contribution is -0.140. The van der Waals surface area contributed by atoms with Gasteiger partial charge < -0.3 is 15.4 Å². The van der Waals surface area contributed by atoms with Crippen LogP contribution in [0.1, 0.15) is 31.4 Å². The monoisotopic (exact) mass is 330 g/mol. The van der Waals surface area contributed by atoms with Crippen molar-refractivity contribution in [3.63, 3.8) is 0 Å². The Hall–Kier alpha value is -2.47. The maximum atomic E-state index is 14.5. The van der Waals surface area contributed by atoms with E-state index >= 15 is 0 Å². The number of hydrogen-bond donors (Lipinski definition) is 2. The molecule has 2 heterocycles. The third-order valence-corrected chi connectivity index (χ3v) is 4.22. The topological polar surface area (TPSA) is 67.4 Å². The number of rotatable bonds is 3. The van der Waals surface area contributed by atoms with Gasteiger partial charge in [-0.2, -0.15) is 0 Å². The number of ether oxygens (including phenoxy) is 1. The number of cyclic esters (lactones) is 1. The summed E-state index contributed by atoms with van der Waals surface area (Å²) >= 11 is 0. The molecule has 3 rings (SSSR count). The molecule has 2 N–H and O–H groups in total. The van der Waals surface area contributed by atoms with Gasteiger partial charge >= 0.3 is 5.97 Å². The second kappa shape index (κ2) is 6.57. The molecule has 1 aromatic rings. The average Bonchev–Trinajstić information content (AvgIpc) is 2.81. The Labute approximate surface area is 139 Å². The van der Waals surface area contributed by atoms with Gasteiger partial charge in [0.15, 0.2) is 6.23 Å². The van der Waals surface area contributed by atoms with Crippen LogP contribution in [0.3, 0.4) is 0 Å². The van der Waals surface area contributed by atoms with Crippen molar-refractivity contribution in [1.29, 1.82) is 0 Å². The summed E-state index contributed by atoms with van der Waals surface area (Å²) in [5, 5.41) is 5.74. The fourth-order valence-electron chi connectivity index (χ4n) is 3.01. The summed E-state index contributed by atoms with van der Waals surface area (Å²) in [7, 11) is 0. The summed E-state index contributed by atoms with van der Waals surface area (Å²) in [6, 6.07) is 4.77. The molecule has 5 nitrogen and oxygen atoms in total. The summed E-state index contributed by atoms with van der Waals surface area (Å²) < 4.78 is 19.7. The smallest absolute Gasteiger partial charge is 0.341 e. The van der Waals surface area contributed by atoms with Crippen LogP contribution in [-0.2, 0) is 14.3 Å². The van der Waals surface area contributed by atoms with Gasteiger partial charge in [0.1, 0.15) is 5.82 Å². The summed E-state index contributed by atoms with van der Waals surface area (Å²) in [5.74, 6) is -1.22. The lowest BCUT2D eigenvalue weighted by atomic mass is 9.95. The van der Waals surface area contributed by atoms with E-state index in [1.807, 2.05) is 6.08 Å². The minimum atomic E-state index is -0.792. The van der Waals surface area contributed by atoms with Crippen molar-refractivity contribution in [2.75, 3.05) is 13.1 Å². The molecule has 0 spiro atoms. The quantitative estimate of drug-likeness (QED) is 0.832. The second-order valence-electron chi connectivity index (χ2n) is 5.92.